The molecule has 1 aromatic carbocycles. The third-order valence-corrected chi connectivity index (χ3v) is 5.87. The van der Waals surface area contributed by atoms with E-state index in [0.29, 0.717) is 18.8 Å². The number of benzene rings is 1. The van der Waals surface area contributed by atoms with Crippen molar-refractivity contribution >= 4 is 21.8 Å². The highest BCUT2D eigenvalue weighted by molar-refractivity contribution is 7.89. The second-order valence-corrected chi connectivity index (χ2v) is 7.49. The van der Waals surface area contributed by atoms with Crippen LogP contribution in [0.15, 0.2) is 23.1 Å². The van der Waals surface area contributed by atoms with E-state index in [1.165, 1.54) is 39.5 Å². The van der Waals surface area contributed by atoms with Gasteiger partial charge in [-0.2, -0.15) is 4.31 Å². The Morgan fingerprint density at radius 1 is 1.22 bits per heavy atom. The van der Waals surface area contributed by atoms with Crippen molar-refractivity contribution in [3.8, 4) is 11.5 Å². The van der Waals surface area contributed by atoms with E-state index in [0.717, 1.165) is 4.31 Å². The molecule has 2 N–H and O–H groups in total. The highest BCUT2D eigenvalue weighted by atomic mass is 32.2. The van der Waals surface area contributed by atoms with Gasteiger partial charge in [0.25, 0.3) is 0 Å². The number of nitrogens with zero attached hydrogens (tertiary/aromatic N) is 1. The van der Waals surface area contributed by atoms with Gasteiger partial charge in [-0.05, 0) is 18.6 Å². The molecule has 0 bridgehead atoms. The number of hydrogen-bond donors (Lipinski definition) is 2. The minimum atomic E-state index is -3.92. The zero-order valence-electron chi connectivity index (χ0n) is 15.4. The van der Waals surface area contributed by atoms with Crippen LogP contribution in [0.25, 0.3) is 0 Å². The van der Waals surface area contributed by atoms with Gasteiger partial charge < -0.3 is 24.8 Å². The van der Waals surface area contributed by atoms with E-state index in [9.17, 15) is 18.0 Å². The van der Waals surface area contributed by atoms with Gasteiger partial charge in [0.15, 0.2) is 11.5 Å². The first-order valence-electron chi connectivity index (χ1n) is 8.20. The largest absolute Gasteiger partial charge is 0.493 e. The SMILES string of the molecule is CNC(=O)C(=O)NC[C@@H]1OCCCN1S(=O)(=O)c1ccc(OC)c(OC)c1. The first kappa shape index (κ1) is 20.9. The zero-order valence-corrected chi connectivity index (χ0v) is 16.2. The highest BCUT2D eigenvalue weighted by Crippen LogP contribution is 2.31. The number of sulfonamides is 1. The number of nitrogens with one attached hydrogen (secondary N) is 2. The van der Waals surface area contributed by atoms with Gasteiger partial charge in [-0.1, -0.05) is 0 Å². The van der Waals surface area contributed by atoms with Crippen LogP contribution in [0, 0.1) is 0 Å². The molecule has 1 aliphatic heterocycles. The average Bonchev–Trinajstić information content (AvgIpc) is 2.70. The van der Waals surface area contributed by atoms with E-state index in [2.05, 4.69) is 10.6 Å². The van der Waals surface area contributed by atoms with Gasteiger partial charge >= 0.3 is 11.8 Å². The number of methoxy groups -OCH3 is 2. The fraction of sp³-hybridized carbons (Fsp3) is 0.500. The van der Waals surface area contributed by atoms with E-state index in [4.69, 9.17) is 14.2 Å². The van der Waals surface area contributed by atoms with Crippen LogP contribution < -0.4 is 20.1 Å². The Morgan fingerprint density at radius 3 is 2.56 bits per heavy atom. The number of rotatable bonds is 6. The van der Waals surface area contributed by atoms with E-state index >= 15 is 0 Å². The molecule has 27 heavy (non-hydrogen) atoms. The van der Waals surface area contributed by atoms with E-state index in [1.807, 2.05) is 0 Å². The first-order chi connectivity index (χ1) is 12.8. The number of hydrogen-bond acceptors (Lipinski definition) is 7. The number of carbonyl (C=O) groups is 2. The Kier molecular flexibility index (Phi) is 6.99. The summed E-state index contributed by atoms with van der Waals surface area (Å²) in [4.78, 5) is 22.9. The lowest BCUT2D eigenvalue weighted by Gasteiger charge is -2.34. The second kappa shape index (κ2) is 9.02. The maximum atomic E-state index is 13.1. The monoisotopic (exact) mass is 401 g/mol. The van der Waals surface area contributed by atoms with Gasteiger partial charge in [0.1, 0.15) is 6.23 Å². The smallest absolute Gasteiger partial charge is 0.309 e. The molecule has 0 spiro atoms. The molecular formula is C16H23N3O7S. The topological polar surface area (TPSA) is 123 Å². The Bertz CT molecular complexity index is 797. The molecule has 1 heterocycles. The highest BCUT2D eigenvalue weighted by Gasteiger charge is 2.35. The lowest BCUT2D eigenvalue weighted by molar-refractivity contribution is -0.139. The molecule has 1 saturated heterocycles. The van der Waals surface area contributed by atoms with Crippen LogP contribution in [0.5, 0.6) is 11.5 Å². The lowest BCUT2D eigenvalue weighted by atomic mass is 10.3. The number of ether oxygens (including phenoxy) is 3. The first-order valence-corrected chi connectivity index (χ1v) is 9.64. The number of carbonyl (C=O) groups excluding carboxylic acids is 2. The minimum absolute atomic E-state index is 0.00766. The summed E-state index contributed by atoms with van der Waals surface area (Å²) >= 11 is 0. The predicted molar refractivity (Wildman–Crippen MR) is 94.9 cm³/mol. The lowest BCUT2D eigenvalue weighted by Crippen LogP contribution is -2.52. The summed E-state index contributed by atoms with van der Waals surface area (Å²) in [6, 6.07) is 4.27. The summed E-state index contributed by atoms with van der Waals surface area (Å²) in [5.74, 6) is -1.00. The molecule has 0 aromatic heterocycles. The van der Waals surface area contributed by atoms with Crippen molar-refractivity contribution in [1.82, 2.24) is 14.9 Å². The van der Waals surface area contributed by atoms with Crippen molar-refractivity contribution in [3.63, 3.8) is 0 Å². The van der Waals surface area contributed by atoms with Crippen molar-refractivity contribution in [2.45, 2.75) is 17.5 Å². The predicted octanol–water partition coefficient (Wildman–Crippen LogP) is -0.697. The van der Waals surface area contributed by atoms with Crippen LogP contribution in [0.2, 0.25) is 0 Å². The standard InChI is InChI=1S/C16H23N3O7S/c1-17-15(20)16(21)18-10-14-19(7-4-8-26-14)27(22,23)11-5-6-12(24-2)13(9-11)25-3/h5-6,9,14H,4,7-8,10H2,1-3H3,(H,17,20)(H,18,21)/t14-/m0/s1. The Balaban J connectivity index is 2.23. The third-order valence-electron chi connectivity index (χ3n) is 3.99. The minimum Gasteiger partial charge on any atom is -0.493 e. The number of amides is 2. The Hall–Kier alpha value is -2.37. The van der Waals surface area contributed by atoms with Gasteiger partial charge in [-0.25, -0.2) is 8.42 Å². The molecule has 0 saturated carbocycles. The maximum absolute atomic E-state index is 13.1. The van der Waals surface area contributed by atoms with Gasteiger partial charge in [-0.3, -0.25) is 9.59 Å². The van der Waals surface area contributed by atoms with Gasteiger partial charge in [0, 0.05) is 19.7 Å². The van der Waals surface area contributed by atoms with Crippen LogP contribution in [0.1, 0.15) is 6.42 Å². The third kappa shape index (κ3) is 4.67. The van der Waals surface area contributed by atoms with Crippen LogP contribution in [0.4, 0.5) is 0 Å². The van der Waals surface area contributed by atoms with Gasteiger partial charge in [0.2, 0.25) is 10.0 Å². The summed E-state index contributed by atoms with van der Waals surface area (Å²) in [6.45, 7) is 0.411. The van der Waals surface area contributed by atoms with Crippen LogP contribution >= 0.6 is 0 Å². The summed E-state index contributed by atoms with van der Waals surface area (Å²) in [7, 11) is 0.271. The molecule has 11 heteroatoms. The van der Waals surface area contributed by atoms with Crippen molar-refractivity contribution in [2.24, 2.45) is 0 Å². The molecule has 2 rings (SSSR count). The van der Waals surface area contributed by atoms with Crippen LogP contribution in [-0.2, 0) is 24.3 Å². The molecule has 1 aromatic rings. The van der Waals surface area contributed by atoms with Crippen molar-refractivity contribution in [2.75, 3.05) is 41.0 Å². The molecule has 2 amide bonds. The molecular weight excluding hydrogens is 378 g/mol. The summed E-state index contributed by atoms with van der Waals surface area (Å²) in [5, 5.41) is 4.56. The molecule has 10 nitrogen and oxygen atoms in total. The molecule has 1 fully saturated rings. The second-order valence-electron chi connectivity index (χ2n) is 5.60. The van der Waals surface area contributed by atoms with Gasteiger partial charge in [0.05, 0.1) is 32.3 Å². The zero-order chi connectivity index (χ0) is 20.0. The van der Waals surface area contributed by atoms with Crippen LogP contribution in [-0.4, -0.2) is 71.7 Å². The average molecular weight is 401 g/mol. The Labute approximate surface area is 157 Å². The fourth-order valence-corrected chi connectivity index (χ4v) is 4.17. The summed E-state index contributed by atoms with van der Waals surface area (Å²) in [5.41, 5.74) is 0. The van der Waals surface area contributed by atoms with E-state index < -0.39 is 28.1 Å². The molecule has 0 aliphatic carbocycles. The van der Waals surface area contributed by atoms with Crippen molar-refractivity contribution in [3.05, 3.63) is 18.2 Å². The van der Waals surface area contributed by atoms with E-state index in [1.54, 1.807) is 0 Å². The number of likely N-dealkylation sites (N-methyl/N-ethyl adjacent to an activating group) is 1. The molecule has 0 radical (unpaired) electrons. The normalized spacial score (nSPS) is 17.8. The quantitative estimate of drug-likeness (QED) is 0.605. The summed E-state index contributed by atoms with van der Waals surface area (Å²) in [6.07, 6.45) is -0.419. The molecule has 1 atom stereocenters. The van der Waals surface area contributed by atoms with E-state index in [-0.39, 0.29) is 23.7 Å². The fourth-order valence-electron chi connectivity index (χ4n) is 2.59. The summed E-state index contributed by atoms with van der Waals surface area (Å²) < 4.78 is 43.1. The molecule has 150 valence electrons. The van der Waals surface area contributed by atoms with Crippen LogP contribution in [0.3, 0.4) is 0 Å². The van der Waals surface area contributed by atoms with Gasteiger partial charge in [-0.15, -0.1) is 0 Å². The Morgan fingerprint density at radius 2 is 1.93 bits per heavy atom. The van der Waals surface area contributed by atoms with Crippen molar-refractivity contribution < 1.29 is 32.2 Å². The molecule has 1 aliphatic rings. The van der Waals surface area contributed by atoms with Crippen molar-refractivity contribution in [1.29, 1.82) is 0 Å². The maximum Gasteiger partial charge on any atom is 0.309 e. The molecule has 0 unspecified atom stereocenters.